The lowest BCUT2D eigenvalue weighted by atomic mass is 9.89. The van der Waals surface area contributed by atoms with Gasteiger partial charge in [-0.25, -0.2) is 4.79 Å². The summed E-state index contributed by atoms with van der Waals surface area (Å²) >= 11 is 0. The van der Waals surface area contributed by atoms with Gasteiger partial charge < -0.3 is 20.5 Å². The highest BCUT2D eigenvalue weighted by atomic mass is 16.5. The van der Waals surface area contributed by atoms with Crippen LogP contribution in [0.4, 0.5) is 0 Å². The van der Waals surface area contributed by atoms with Crippen LogP contribution in [0.5, 0.6) is 0 Å². The van der Waals surface area contributed by atoms with Crippen molar-refractivity contribution < 1.29 is 19.4 Å². The summed E-state index contributed by atoms with van der Waals surface area (Å²) in [6, 6.07) is -0.0216. The topological polar surface area (TPSA) is 87.7 Å². The Balaban J connectivity index is 2.05. The van der Waals surface area contributed by atoms with E-state index in [1.807, 2.05) is 6.92 Å². The molecule has 21 heavy (non-hydrogen) atoms. The Morgan fingerprint density at radius 1 is 1.19 bits per heavy atom. The summed E-state index contributed by atoms with van der Waals surface area (Å²) in [4.78, 5) is 24.3. The maximum absolute atomic E-state index is 12.5. The summed E-state index contributed by atoms with van der Waals surface area (Å²) < 4.78 is 5.38. The summed E-state index contributed by atoms with van der Waals surface area (Å²) in [5.41, 5.74) is -1.09. The van der Waals surface area contributed by atoms with E-state index >= 15 is 0 Å². The van der Waals surface area contributed by atoms with Crippen LogP contribution in [0.1, 0.15) is 45.4 Å². The number of amides is 1. The largest absolute Gasteiger partial charge is 0.480 e. The first-order valence-electron chi connectivity index (χ1n) is 7.95. The van der Waals surface area contributed by atoms with Crippen molar-refractivity contribution in [1.29, 1.82) is 0 Å². The molecule has 1 aliphatic heterocycles. The number of carboxylic acids is 1. The van der Waals surface area contributed by atoms with Crippen molar-refractivity contribution in [3.8, 4) is 0 Å². The van der Waals surface area contributed by atoms with Crippen LogP contribution in [0.25, 0.3) is 0 Å². The average Bonchev–Trinajstić information content (AvgIpc) is 2.77. The lowest BCUT2D eigenvalue weighted by molar-refractivity contribution is -0.149. The minimum atomic E-state index is -1.09. The van der Waals surface area contributed by atoms with E-state index < -0.39 is 11.5 Å². The van der Waals surface area contributed by atoms with Crippen LogP contribution in [-0.2, 0) is 14.3 Å². The molecule has 0 bridgehead atoms. The van der Waals surface area contributed by atoms with Gasteiger partial charge >= 0.3 is 5.97 Å². The smallest absolute Gasteiger partial charge is 0.329 e. The molecule has 0 aromatic rings. The number of likely N-dealkylation sites (N-methyl/N-ethyl adjacent to an activating group) is 1. The number of aliphatic carboxylic acids is 1. The molecule has 2 aliphatic rings. The van der Waals surface area contributed by atoms with E-state index in [1.54, 1.807) is 0 Å². The molecule has 6 nitrogen and oxygen atoms in total. The number of nitrogens with one attached hydrogen (secondary N) is 2. The molecule has 2 unspecified atom stereocenters. The maximum atomic E-state index is 12.5. The summed E-state index contributed by atoms with van der Waals surface area (Å²) in [5, 5.41) is 15.7. The number of ether oxygens (including phenoxy) is 1. The molecule has 1 heterocycles. The normalized spacial score (nSPS) is 28.8. The minimum Gasteiger partial charge on any atom is -0.480 e. The van der Waals surface area contributed by atoms with Crippen LogP contribution in [0.2, 0.25) is 0 Å². The summed E-state index contributed by atoms with van der Waals surface area (Å²) in [6.07, 6.45) is 4.82. The minimum absolute atomic E-state index is 0.0216. The fourth-order valence-corrected chi connectivity index (χ4v) is 3.33. The fraction of sp³-hybridized carbons (Fsp3) is 0.867. The van der Waals surface area contributed by atoms with Gasteiger partial charge in [0.05, 0.1) is 19.1 Å². The molecule has 3 N–H and O–H groups in total. The molecule has 2 fully saturated rings. The van der Waals surface area contributed by atoms with E-state index in [-0.39, 0.29) is 17.9 Å². The van der Waals surface area contributed by atoms with Crippen LogP contribution in [-0.4, -0.2) is 48.3 Å². The van der Waals surface area contributed by atoms with Gasteiger partial charge in [-0.2, -0.15) is 0 Å². The summed E-state index contributed by atoms with van der Waals surface area (Å²) in [6.45, 7) is 3.62. The molecule has 1 saturated heterocycles. The highest BCUT2D eigenvalue weighted by molar-refractivity contribution is 5.88. The zero-order valence-corrected chi connectivity index (χ0v) is 12.7. The lowest BCUT2D eigenvalue weighted by Crippen LogP contribution is -2.57. The van der Waals surface area contributed by atoms with Crippen molar-refractivity contribution in [3.63, 3.8) is 0 Å². The number of hydrogen-bond donors (Lipinski definition) is 3. The second kappa shape index (κ2) is 7.22. The second-order valence-electron chi connectivity index (χ2n) is 6.10. The van der Waals surface area contributed by atoms with Gasteiger partial charge in [-0.05, 0) is 19.4 Å². The predicted octanol–water partition coefficient (Wildman–Crippen LogP) is 0.905. The first kappa shape index (κ1) is 16.2. The van der Waals surface area contributed by atoms with E-state index in [0.29, 0.717) is 26.1 Å². The van der Waals surface area contributed by atoms with Crippen LogP contribution in [0.15, 0.2) is 0 Å². The highest BCUT2D eigenvalue weighted by Gasteiger charge is 2.43. The van der Waals surface area contributed by atoms with Crippen molar-refractivity contribution in [2.24, 2.45) is 5.92 Å². The van der Waals surface area contributed by atoms with Gasteiger partial charge in [0.1, 0.15) is 5.54 Å². The predicted molar refractivity (Wildman–Crippen MR) is 78.0 cm³/mol. The van der Waals surface area contributed by atoms with Crippen LogP contribution in [0, 0.1) is 5.92 Å². The van der Waals surface area contributed by atoms with Gasteiger partial charge in [-0.15, -0.1) is 0 Å². The summed E-state index contributed by atoms with van der Waals surface area (Å²) in [7, 11) is 0. The SMILES string of the molecule is CCNC1COCC1C(=O)NC1(C(=O)O)CCCCCC1. The van der Waals surface area contributed by atoms with Crippen molar-refractivity contribution in [3.05, 3.63) is 0 Å². The Kier molecular flexibility index (Phi) is 5.58. The van der Waals surface area contributed by atoms with Gasteiger partial charge in [0.25, 0.3) is 0 Å². The third-order valence-corrected chi connectivity index (χ3v) is 4.61. The molecule has 2 atom stereocenters. The van der Waals surface area contributed by atoms with E-state index in [9.17, 15) is 14.7 Å². The molecule has 0 radical (unpaired) electrons. The Bertz CT molecular complexity index is 378. The highest BCUT2D eigenvalue weighted by Crippen LogP contribution is 2.28. The molecule has 1 amide bonds. The van der Waals surface area contributed by atoms with Crippen LogP contribution in [0.3, 0.4) is 0 Å². The first-order valence-corrected chi connectivity index (χ1v) is 7.95. The first-order chi connectivity index (χ1) is 10.1. The molecule has 0 aromatic carbocycles. The number of rotatable bonds is 5. The van der Waals surface area contributed by atoms with Gasteiger partial charge in [-0.3, -0.25) is 4.79 Å². The Labute approximate surface area is 125 Å². The molecule has 0 spiro atoms. The molecular weight excluding hydrogens is 272 g/mol. The van der Waals surface area contributed by atoms with E-state index in [1.165, 1.54) is 0 Å². The molecule has 1 aliphatic carbocycles. The van der Waals surface area contributed by atoms with Gasteiger partial charge in [0.2, 0.25) is 5.91 Å². The Hall–Kier alpha value is -1.14. The standard InChI is InChI=1S/C15H26N2O4/c1-2-16-12-10-21-9-11(12)13(18)17-15(14(19)20)7-5-3-4-6-8-15/h11-12,16H,2-10H2,1H3,(H,17,18)(H,19,20). The average molecular weight is 298 g/mol. The van der Waals surface area contributed by atoms with Crippen molar-refractivity contribution in [1.82, 2.24) is 10.6 Å². The van der Waals surface area contributed by atoms with E-state index in [2.05, 4.69) is 10.6 Å². The summed E-state index contributed by atoms with van der Waals surface area (Å²) in [5.74, 6) is -1.40. The van der Waals surface area contributed by atoms with Crippen LogP contribution < -0.4 is 10.6 Å². The van der Waals surface area contributed by atoms with E-state index in [0.717, 1.165) is 32.2 Å². The number of hydrogen-bond acceptors (Lipinski definition) is 4. The molecule has 2 rings (SSSR count). The second-order valence-corrected chi connectivity index (χ2v) is 6.10. The monoisotopic (exact) mass is 298 g/mol. The van der Waals surface area contributed by atoms with Crippen molar-refractivity contribution >= 4 is 11.9 Å². The van der Waals surface area contributed by atoms with Crippen molar-refractivity contribution in [2.75, 3.05) is 19.8 Å². The molecule has 120 valence electrons. The third-order valence-electron chi connectivity index (χ3n) is 4.61. The quantitative estimate of drug-likeness (QED) is 0.657. The van der Waals surface area contributed by atoms with Crippen LogP contribution >= 0.6 is 0 Å². The zero-order chi connectivity index (χ0) is 15.3. The molecule has 0 aromatic heterocycles. The maximum Gasteiger partial charge on any atom is 0.329 e. The van der Waals surface area contributed by atoms with Gasteiger partial charge in [0, 0.05) is 6.04 Å². The zero-order valence-electron chi connectivity index (χ0n) is 12.7. The number of carbonyl (C=O) groups excluding carboxylic acids is 1. The van der Waals surface area contributed by atoms with Gasteiger partial charge in [-0.1, -0.05) is 32.6 Å². The fourth-order valence-electron chi connectivity index (χ4n) is 3.33. The number of carbonyl (C=O) groups is 2. The Morgan fingerprint density at radius 3 is 2.43 bits per heavy atom. The van der Waals surface area contributed by atoms with E-state index in [4.69, 9.17) is 4.74 Å². The molecule has 1 saturated carbocycles. The number of carboxylic acid groups (broad SMARTS) is 1. The third kappa shape index (κ3) is 3.74. The molecular formula is C15H26N2O4. The van der Waals surface area contributed by atoms with Crippen molar-refractivity contribution in [2.45, 2.75) is 57.0 Å². The van der Waals surface area contributed by atoms with Gasteiger partial charge in [0.15, 0.2) is 0 Å². The molecule has 6 heteroatoms. The lowest BCUT2D eigenvalue weighted by Gasteiger charge is -2.31. The Morgan fingerprint density at radius 2 is 1.86 bits per heavy atom.